The van der Waals surface area contributed by atoms with Crippen molar-refractivity contribution >= 4 is 38.4 Å². The molecule has 10 heteroatoms. The number of aromatic nitrogens is 3. The van der Waals surface area contributed by atoms with Crippen molar-refractivity contribution < 1.29 is 19.4 Å². The van der Waals surface area contributed by atoms with Gasteiger partial charge in [0.25, 0.3) is 0 Å². The number of aromatic amines is 1. The number of imidazole rings is 1. The van der Waals surface area contributed by atoms with Gasteiger partial charge in [0.1, 0.15) is 0 Å². The Hall–Kier alpha value is -2.82. The maximum atomic E-state index is 13.0. The molecule has 0 radical (unpaired) electrons. The van der Waals surface area contributed by atoms with E-state index in [4.69, 9.17) is 10.5 Å². The number of carboxylic acids is 1. The molecule has 4 N–H and O–H groups in total. The minimum absolute atomic E-state index is 0.164. The van der Waals surface area contributed by atoms with Gasteiger partial charge in [-0.3, -0.25) is 4.79 Å². The number of anilines is 1. The lowest BCUT2D eigenvalue weighted by Gasteiger charge is -2.39. The van der Waals surface area contributed by atoms with E-state index in [2.05, 4.69) is 19.9 Å². The lowest BCUT2D eigenvalue weighted by atomic mass is 9.85. The number of benzene rings is 1. The second-order valence-electron chi connectivity index (χ2n) is 8.03. The summed E-state index contributed by atoms with van der Waals surface area (Å²) in [5, 5.41) is 10.2. The second kappa shape index (κ2) is 8.97. The summed E-state index contributed by atoms with van der Waals surface area (Å²) in [6, 6.07) is 4.37. The number of carbonyl (C=O) groups excluding carboxylic acids is 1. The molecule has 1 aliphatic heterocycles. The standard InChI is InChI=1S/C22H27N5O4S/c1-4-14-11(2)24-20(25-14)18(28)17(23)12-8-9-27(10-16(12)31-3)22-26-15-7-5-6-13(21(29)30)19(15)32-22/h5-7,12,16-17H,4,8-10,23H2,1-3H3,(H,24,25)(H,29,30)/t12?,16-,17?/m0/s1. The van der Waals surface area contributed by atoms with Crippen LogP contribution in [0.5, 0.6) is 0 Å². The van der Waals surface area contributed by atoms with Crippen molar-refractivity contribution in [2.24, 2.45) is 11.7 Å². The molecule has 9 nitrogen and oxygen atoms in total. The van der Waals surface area contributed by atoms with E-state index >= 15 is 0 Å². The van der Waals surface area contributed by atoms with Crippen LogP contribution in [0.4, 0.5) is 5.13 Å². The van der Waals surface area contributed by atoms with Crippen molar-refractivity contribution in [1.82, 2.24) is 15.0 Å². The van der Waals surface area contributed by atoms with Crippen LogP contribution in [-0.2, 0) is 11.2 Å². The smallest absolute Gasteiger partial charge is 0.337 e. The summed E-state index contributed by atoms with van der Waals surface area (Å²) in [7, 11) is 1.62. The number of methoxy groups -OCH3 is 1. The second-order valence-corrected chi connectivity index (χ2v) is 9.01. The monoisotopic (exact) mass is 457 g/mol. The fourth-order valence-corrected chi connectivity index (χ4v) is 5.42. The summed E-state index contributed by atoms with van der Waals surface area (Å²) in [5.41, 5.74) is 9.07. The van der Waals surface area contributed by atoms with Gasteiger partial charge in [0.2, 0.25) is 5.78 Å². The van der Waals surface area contributed by atoms with E-state index in [0.717, 1.165) is 22.9 Å². The Morgan fingerprint density at radius 1 is 1.41 bits per heavy atom. The van der Waals surface area contributed by atoms with Crippen LogP contribution in [0, 0.1) is 12.8 Å². The molecule has 0 bridgehead atoms. The first-order valence-electron chi connectivity index (χ1n) is 10.6. The largest absolute Gasteiger partial charge is 0.478 e. The van der Waals surface area contributed by atoms with Crippen LogP contribution < -0.4 is 10.6 Å². The number of piperidine rings is 1. The highest BCUT2D eigenvalue weighted by molar-refractivity contribution is 7.22. The number of nitrogens with one attached hydrogen (secondary N) is 1. The minimum atomic E-state index is -0.969. The van der Waals surface area contributed by atoms with E-state index < -0.39 is 12.0 Å². The summed E-state index contributed by atoms with van der Waals surface area (Å²) in [6.07, 6.45) is 1.12. The van der Waals surface area contributed by atoms with Crippen molar-refractivity contribution in [3.63, 3.8) is 0 Å². The Balaban J connectivity index is 1.53. The number of ketones is 1. The highest BCUT2D eigenvalue weighted by Gasteiger charge is 2.38. The molecule has 3 atom stereocenters. The van der Waals surface area contributed by atoms with Gasteiger partial charge in [-0.1, -0.05) is 24.3 Å². The minimum Gasteiger partial charge on any atom is -0.478 e. The fourth-order valence-electron chi connectivity index (χ4n) is 4.32. The first-order chi connectivity index (χ1) is 15.3. The van der Waals surface area contributed by atoms with Gasteiger partial charge in [-0.2, -0.15) is 0 Å². The number of nitrogens with two attached hydrogens (primary N) is 1. The van der Waals surface area contributed by atoms with E-state index in [1.54, 1.807) is 19.2 Å². The lowest BCUT2D eigenvalue weighted by Crippen LogP contribution is -2.53. The Bertz CT molecular complexity index is 1160. The third-order valence-corrected chi connectivity index (χ3v) is 7.30. The van der Waals surface area contributed by atoms with Crippen LogP contribution in [0.1, 0.15) is 45.7 Å². The number of aryl methyl sites for hydroxylation is 2. The van der Waals surface area contributed by atoms with Crippen molar-refractivity contribution in [1.29, 1.82) is 0 Å². The summed E-state index contributed by atoms with van der Waals surface area (Å²) < 4.78 is 6.38. The van der Waals surface area contributed by atoms with Gasteiger partial charge < -0.3 is 25.5 Å². The zero-order valence-electron chi connectivity index (χ0n) is 18.3. The van der Waals surface area contributed by atoms with Crippen LogP contribution in [-0.4, -0.2) is 64.2 Å². The first kappa shape index (κ1) is 22.4. The third kappa shape index (κ3) is 4.01. The number of thiazole rings is 1. The number of aromatic carboxylic acids is 1. The fraction of sp³-hybridized carbons (Fsp3) is 0.455. The Labute approximate surface area is 189 Å². The van der Waals surface area contributed by atoms with E-state index in [1.807, 2.05) is 19.9 Å². The molecule has 2 aromatic heterocycles. The van der Waals surface area contributed by atoms with E-state index in [9.17, 15) is 14.7 Å². The number of H-pyrrole nitrogens is 1. The van der Waals surface area contributed by atoms with E-state index in [0.29, 0.717) is 35.6 Å². The van der Waals surface area contributed by atoms with Crippen molar-refractivity contribution in [2.75, 3.05) is 25.1 Å². The highest BCUT2D eigenvalue weighted by Crippen LogP contribution is 2.34. The molecule has 0 saturated carbocycles. The topological polar surface area (TPSA) is 134 Å². The number of Topliss-reactive ketones (excluding diaryl/α,β-unsaturated/α-hetero) is 1. The van der Waals surface area contributed by atoms with Gasteiger partial charge >= 0.3 is 5.97 Å². The van der Waals surface area contributed by atoms with E-state index in [-0.39, 0.29) is 23.4 Å². The predicted octanol–water partition coefficient (Wildman–Crippen LogP) is 2.64. The summed E-state index contributed by atoms with van der Waals surface area (Å²) in [4.78, 5) is 38.7. The molecule has 32 heavy (non-hydrogen) atoms. The van der Waals surface area contributed by atoms with Gasteiger partial charge in [0, 0.05) is 31.8 Å². The van der Waals surface area contributed by atoms with Gasteiger partial charge in [-0.05, 0) is 31.9 Å². The van der Waals surface area contributed by atoms with Crippen molar-refractivity contribution in [3.8, 4) is 0 Å². The summed E-state index contributed by atoms with van der Waals surface area (Å²) in [6.45, 7) is 5.06. The molecule has 1 fully saturated rings. The molecule has 1 aliphatic rings. The summed E-state index contributed by atoms with van der Waals surface area (Å²) in [5.74, 6) is -1.04. The number of hydrogen-bond acceptors (Lipinski definition) is 8. The number of carbonyl (C=O) groups is 2. The first-order valence-corrected chi connectivity index (χ1v) is 11.4. The molecule has 0 spiro atoms. The maximum absolute atomic E-state index is 13.0. The van der Waals surface area contributed by atoms with Gasteiger partial charge in [0.05, 0.1) is 33.6 Å². The molecule has 3 aromatic rings. The molecule has 1 aromatic carbocycles. The van der Waals surface area contributed by atoms with Crippen LogP contribution in [0.15, 0.2) is 18.2 Å². The van der Waals surface area contributed by atoms with Crippen LogP contribution in [0.25, 0.3) is 10.2 Å². The Morgan fingerprint density at radius 3 is 2.84 bits per heavy atom. The number of rotatable bonds is 7. The zero-order chi connectivity index (χ0) is 23.0. The lowest BCUT2D eigenvalue weighted by molar-refractivity contribution is 0.0305. The number of hydrogen-bond donors (Lipinski definition) is 3. The maximum Gasteiger partial charge on any atom is 0.337 e. The third-order valence-electron chi connectivity index (χ3n) is 6.14. The average molecular weight is 458 g/mol. The molecule has 0 aliphatic carbocycles. The number of ether oxygens (including phenoxy) is 1. The van der Waals surface area contributed by atoms with Gasteiger partial charge in [-0.25, -0.2) is 14.8 Å². The van der Waals surface area contributed by atoms with Gasteiger partial charge in [0.15, 0.2) is 11.0 Å². The molecular weight excluding hydrogens is 430 g/mol. The number of fused-ring (bicyclic) bond motifs is 1. The molecule has 2 unspecified atom stereocenters. The number of nitrogens with zero attached hydrogens (tertiary/aromatic N) is 3. The molecule has 170 valence electrons. The van der Waals surface area contributed by atoms with Crippen LogP contribution in [0.2, 0.25) is 0 Å². The Kier molecular flexibility index (Phi) is 6.27. The quantitative estimate of drug-likeness (QED) is 0.461. The van der Waals surface area contributed by atoms with Crippen LogP contribution in [0.3, 0.4) is 0 Å². The van der Waals surface area contributed by atoms with Crippen molar-refractivity contribution in [3.05, 3.63) is 41.0 Å². The Morgan fingerprint density at radius 2 is 2.19 bits per heavy atom. The van der Waals surface area contributed by atoms with Crippen molar-refractivity contribution in [2.45, 2.75) is 38.8 Å². The predicted molar refractivity (Wildman–Crippen MR) is 123 cm³/mol. The molecular formula is C22H27N5O4S. The molecule has 3 heterocycles. The molecule has 0 amide bonds. The zero-order valence-corrected chi connectivity index (χ0v) is 19.1. The average Bonchev–Trinajstić information content (AvgIpc) is 3.40. The molecule has 4 rings (SSSR count). The molecule has 1 saturated heterocycles. The van der Waals surface area contributed by atoms with E-state index in [1.165, 1.54) is 11.3 Å². The number of carboxylic acid groups (broad SMARTS) is 1. The summed E-state index contributed by atoms with van der Waals surface area (Å²) >= 11 is 1.36. The van der Waals surface area contributed by atoms with Crippen LogP contribution >= 0.6 is 11.3 Å². The highest BCUT2D eigenvalue weighted by atomic mass is 32.1. The van der Waals surface area contributed by atoms with Gasteiger partial charge in [-0.15, -0.1) is 0 Å². The SMILES string of the molecule is CCc1nc(C(=O)C(N)C2CCN(c3nc4cccc(C(=O)O)c4s3)C[C@@H]2OC)[nH]c1C. The normalized spacial score (nSPS) is 19.9.